The molecule has 0 radical (unpaired) electrons. The van der Waals surface area contributed by atoms with E-state index >= 15 is 0 Å². The second-order valence-corrected chi connectivity index (χ2v) is 3.52. The Bertz CT molecular complexity index is 309. The van der Waals surface area contributed by atoms with Crippen LogP contribution in [0, 0.1) is 11.3 Å². The van der Waals surface area contributed by atoms with Crippen LogP contribution in [0.15, 0.2) is 23.2 Å². The summed E-state index contributed by atoms with van der Waals surface area (Å²) in [5.74, 6) is 0.816. The minimum atomic E-state index is 0.190. The smallest absolute Gasteiger partial charge is 0.153 e. The third-order valence-corrected chi connectivity index (χ3v) is 2.57. The molecular formula is C9H10N2OS. The largest absolute Gasteiger partial charge is 0.396 e. The van der Waals surface area contributed by atoms with Crippen molar-refractivity contribution in [3.8, 4) is 6.07 Å². The summed E-state index contributed by atoms with van der Waals surface area (Å²) in [6, 6.07) is 5.70. The van der Waals surface area contributed by atoms with Crippen molar-refractivity contribution in [2.45, 2.75) is 11.3 Å². The van der Waals surface area contributed by atoms with E-state index in [-0.39, 0.29) is 6.61 Å². The van der Waals surface area contributed by atoms with E-state index in [0.29, 0.717) is 5.69 Å². The van der Waals surface area contributed by atoms with Crippen molar-refractivity contribution >= 4 is 11.8 Å². The minimum Gasteiger partial charge on any atom is -0.396 e. The highest BCUT2D eigenvalue weighted by molar-refractivity contribution is 7.99. The van der Waals surface area contributed by atoms with Gasteiger partial charge in [-0.3, -0.25) is 0 Å². The maximum atomic E-state index is 8.70. The summed E-state index contributed by atoms with van der Waals surface area (Å²) in [5.41, 5.74) is 0.463. The standard InChI is InChI=1S/C9H10N2OS/c10-7-8-9(3-1-4-11-8)13-6-2-5-12/h1,3-4,12H,2,5-6H2. The summed E-state index contributed by atoms with van der Waals surface area (Å²) < 4.78 is 0. The molecule has 0 fully saturated rings. The van der Waals surface area contributed by atoms with Gasteiger partial charge < -0.3 is 5.11 Å². The van der Waals surface area contributed by atoms with Crippen molar-refractivity contribution in [1.82, 2.24) is 4.98 Å². The van der Waals surface area contributed by atoms with Gasteiger partial charge in [0, 0.05) is 23.5 Å². The van der Waals surface area contributed by atoms with E-state index in [1.807, 2.05) is 18.2 Å². The molecule has 0 unspecified atom stereocenters. The van der Waals surface area contributed by atoms with Crippen LogP contribution in [0.3, 0.4) is 0 Å². The SMILES string of the molecule is N#Cc1ncccc1SCCCO. The van der Waals surface area contributed by atoms with Crippen molar-refractivity contribution in [3.05, 3.63) is 24.0 Å². The molecule has 4 heteroatoms. The lowest BCUT2D eigenvalue weighted by Crippen LogP contribution is -1.89. The number of aromatic nitrogens is 1. The Hall–Kier alpha value is -1.05. The fourth-order valence-electron chi connectivity index (χ4n) is 0.838. The lowest BCUT2D eigenvalue weighted by atomic mass is 10.4. The van der Waals surface area contributed by atoms with E-state index in [4.69, 9.17) is 10.4 Å². The first-order valence-corrected chi connectivity index (χ1v) is 4.96. The number of aliphatic hydroxyl groups is 1. The minimum absolute atomic E-state index is 0.190. The molecule has 1 heterocycles. The van der Waals surface area contributed by atoms with Crippen molar-refractivity contribution in [2.75, 3.05) is 12.4 Å². The summed E-state index contributed by atoms with van der Waals surface area (Å²) in [6.45, 7) is 0.190. The van der Waals surface area contributed by atoms with Gasteiger partial charge in [0.1, 0.15) is 6.07 Å². The average molecular weight is 194 g/mol. The first kappa shape index (κ1) is 10.0. The van der Waals surface area contributed by atoms with Crippen LogP contribution >= 0.6 is 11.8 Å². The Balaban J connectivity index is 2.60. The first-order valence-electron chi connectivity index (χ1n) is 3.97. The maximum absolute atomic E-state index is 8.70. The number of thioether (sulfide) groups is 1. The molecule has 0 bridgehead atoms. The van der Waals surface area contributed by atoms with Gasteiger partial charge in [-0.05, 0) is 18.6 Å². The van der Waals surface area contributed by atoms with Crippen LogP contribution in [0.4, 0.5) is 0 Å². The summed E-state index contributed by atoms with van der Waals surface area (Å²) in [6.07, 6.45) is 2.35. The third-order valence-electron chi connectivity index (χ3n) is 1.44. The first-order chi connectivity index (χ1) is 6.38. The van der Waals surface area contributed by atoms with E-state index in [1.165, 1.54) is 0 Å². The van der Waals surface area contributed by atoms with E-state index in [1.54, 1.807) is 18.0 Å². The van der Waals surface area contributed by atoms with Gasteiger partial charge in [-0.25, -0.2) is 4.98 Å². The topological polar surface area (TPSA) is 56.9 Å². The summed E-state index contributed by atoms with van der Waals surface area (Å²) in [5, 5.41) is 17.3. The van der Waals surface area contributed by atoms with Gasteiger partial charge in [0.15, 0.2) is 5.69 Å². The molecule has 0 aromatic carbocycles. The molecule has 1 aromatic heterocycles. The molecule has 0 atom stereocenters. The lowest BCUT2D eigenvalue weighted by Gasteiger charge is -2.00. The van der Waals surface area contributed by atoms with Gasteiger partial charge in [-0.2, -0.15) is 5.26 Å². The number of rotatable bonds is 4. The fraction of sp³-hybridized carbons (Fsp3) is 0.333. The Labute approximate surface area is 81.4 Å². The number of nitrogens with zero attached hydrogens (tertiary/aromatic N) is 2. The Morgan fingerprint density at radius 1 is 1.62 bits per heavy atom. The lowest BCUT2D eigenvalue weighted by molar-refractivity contribution is 0.296. The van der Waals surface area contributed by atoms with Gasteiger partial charge in [-0.15, -0.1) is 11.8 Å². The number of aliphatic hydroxyl groups excluding tert-OH is 1. The molecule has 0 aliphatic heterocycles. The van der Waals surface area contributed by atoms with Crippen LogP contribution in [-0.4, -0.2) is 22.5 Å². The van der Waals surface area contributed by atoms with E-state index < -0.39 is 0 Å². The average Bonchev–Trinajstić information content (AvgIpc) is 2.19. The highest BCUT2D eigenvalue weighted by atomic mass is 32.2. The number of pyridine rings is 1. The van der Waals surface area contributed by atoms with Crippen molar-refractivity contribution in [3.63, 3.8) is 0 Å². The fourth-order valence-corrected chi connectivity index (χ4v) is 1.74. The molecule has 68 valence electrons. The molecule has 0 spiro atoms. The summed E-state index contributed by atoms with van der Waals surface area (Å²) in [7, 11) is 0. The van der Waals surface area contributed by atoms with Gasteiger partial charge in [-0.1, -0.05) is 0 Å². The van der Waals surface area contributed by atoms with E-state index in [9.17, 15) is 0 Å². The molecular weight excluding hydrogens is 184 g/mol. The van der Waals surface area contributed by atoms with Crippen LogP contribution in [-0.2, 0) is 0 Å². The van der Waals surface area contributed by atoms with Gasteiger partial charge >= 0.3 is 0 Å². The van der Waals surface area contributed by atoms with Crippen LogP contribution in [0.2, 0.25) is 0 Å². The monoisotopic (exact) mass is 194 g/mol. The van der Waals surface area contributed by atoms with E-state index in [0.717, 1.165) is 17.1 Å². The molecule has 0 aliphatic rings. The quantitative estimate of drug-likeness (QED) is 0.582. The van der Waals surface area contributed by atoms with Crippen LogP contribution in [0.5, 0.6) is 0 Å². The number of nitriles is 1. The van der Waals surface area contributed by atoms with E-state index in [2.05, 4.69) is 4.98 Å². The Morgan fingerprint density at radius 2 is 2.46 bits per heavy atom. The van der Waals surface area contributed by atoms with Gasteiger partial charge in [0.05, 0.1) is 0 Å². The zero-order valence-electron chi connectivity index (χ0n) is 7.10. The highest BCUT2D eigenvalue weighted by Gasteiger charge is 2.01. The molecule has 1 aromatic rings. The second kappa shape index (κ2) is 5.57. The number of hydrogen-bond donors (Lipinski definition) is 1. The highest BCUT2D eigenvalue weighted by Crippen LogP contribution is 2.20. The zero-order chi connectivity index (χ0) is 9.52. The Kier molecular flexibility index (Phi) is 4.30. The van der Waals surface area contributed by atoms with Gasteiger partial charge in [0.25, 0.3) is 0 Å². The van der Waals surface area contributed by atoms with Crippen molar-refractivity contribution in [1.29, 1.82) is 5.26 Å². The van der Waals surface area contributed by atoms with Gasteiger partial charge in [0.2, 0.25) is 0 Å². The normalized spacial score (nSPS) is 9.54. The van der Waals surface area contributed by atoms with Crippen LogP contribution in [0.25, 0.3) is 0 Å². The molecule has 3 nitrogen and oxygen atoms in total. The van der Waals surface area contributed by atoms with Crippen LogP contribution < -0.4 is 0 Å². The Morgan fingerprint density at radius 3 is 3.15 bits per heavy atom. The van der Waals surface area contributed by atoms with Crippen molar-refractivity contribution < 1.29 is 5.11 Å². The molecule has 0 amide bonds. The summed E-state index contributed by atoms with van der Waals surface area (Å²) in [4.78, 5) is 4.82. The predicted octanol–water partition coefficient (Wildman–Crippen LogP) is 1.43. The molecule has 1 rings (SSSR count). The zero-order valence-corrected chi connectivity index (χ0v) is 7.92. The maximum Gasteiger partial charge on any atom is 0.153 e. The molecule has 1 N–H and O–H groups in total. The molecule has 0 aliphatic carbocycles. The predicted molar refractivity (Wildman–Crippen MR) is 51.4 cm³/mol. The molecule has 0 saturated carbocycles. The molecule has 13 heavy (non-hydrogen) atoms. The number of hydrogen-bond acceptors (Lipinski definition) is 4. The second-order valence-electron chi connectivity index (χ2n) is 2.39. The third kappa shape index (κ3) is 3.05. The van der Waals surface area contributed by atoms with Crippen LogP contribution in [0.1, 0.15) is 12.1 Å². The van der Waals surface area contributed by atoms with Crippen molar-refractivity contribution in [2.24, 2.45) is 0 Å². The molecule has 0 saturated heterocycles. The summed E-state index contributed by atoms with van der Waals surface area (Å²) >= 11 is 1.55.